The van der Waals surface area contributed by atoms with Crippen LogP contribution in [0.3, 0.4) is 0 Å². The molecule has 0 spiro atoms. The molecule has 0 fully saturated rings. The molecule has 0 saturated heterocycles. The third-order valence-electron chi connectivity index (χ3n) is 4.84. The van der Waals surface area contributed by atoms with E-state index in [9.17, 15) is 9.59 Å². The molecular weight excluding hydrogens is 476 g/mol. The summed E-state index contributed by atoms with van der Waals surface area (Å²) in [6.07, 6.45) is 2.39. The summed E-state index contributed by atoms with van der Waals surface area (Å²) in [5, 5.41) is 8.52. The molecule has 0 aromatic rings. The highest BCUT2D eigenvalue weighted by Gasteiger charge is 2.04. The summed E-state index contributed by atoms with van der Waals surface area (Å²) in [5.41, 5.74) is 0. The SMILES string of the molecule is CCC(C)COCCOCCOCCOCCOCCOCCOCCOC(=O)CCCCC(=O)O. The maximum atomic E-state index is 11.4. The molecule has 0 rings (SSSR count). The Morgan fingerprint density at radius 3 is 1.33 bits per heavy atom. The van der Waals surface area contributed by atoms with Gasteiger partial charge in [-0.1, -0.05) is 20.3 Å². The van der Waals surface area contributed by atoms with Crippen LogP contribution in [0.2, 0.25) is 0 Å². The molecular formula is C25H48O11. The molecule has 214 valence electrons. The Morgan fingerprint density at radius 1 is 0.583 bits per heavy atom. The predicted molar refractivity (Wildman–Crippen MR) is 132 cm³/mol. The first-order valence-electron chi connectivity index (χ1n) is 13.0. The first kappa shape index (κ1) is 34.7. The van der Waals surface area contributed by atoms with Gasteiger partial charge in [0, 0.05) is 19.4 Å². The Bertz CT molecular complexity index is 491. The smallest absolute Gasteiger partial charge is 0.305 e. The molecule has 1 atom stereocenters. The minimum absolute atomic E-state index is 0.0670. The molecule has 1 unspecified atom stereocenters. The fraction of sp³-hybridized carbons (Fsp3) is 0.920. The van der Waals surface area contributed by atoms with Crippen molar-refractivity contribution < 1.29 is 52.6 Å². The number of ether oxygens (including phenoxy) is 8. The molecule has 0 heterocycles. The monoisotopic (exact) mass is 524 g/mol. The molecule has 0 radical (unpaired) electrons. The summed E-state index contributed by atoms with van der Waals surface area (Å²) in [5.74, 6) is -0.608. The number of esters is 1. The van der Waals surface area contributed by atoms with Gasteiger partial charge >= 0.3 is 11.9 Å². The van der Waals surface area contributed by atoms with Crippen LogP contribution in [0.25, 0.3) is 0 Å². The van der Waals surface area contributed by atoms with Crippen molar-refractivity contribution in [3.05, 3.63) is 0 Å². The van der Waals surface area contributed by atoms with Gasteiger partial charge in [-0.3, -0.25) is 9.59 Å². The van der Waals surface area contributed by atoms with Crippen LogP contribution in [0, 0.1) is 5.92 Å². The number of carboxylic acids is 1. The first-order valence-corrected chi connectivity index (χ1v) is 13.0. The predicted octanol–water partition coefficient (Wildman–Crippen LogP) is 2.34. The molecule has 0 aromatic heterocycles. The van der Waals surface area contributed by atoms with Gasteiger partial charge in [0.15, 0.2) is 0 Å². The summed E-state index contributed by atoms with van der Waals surface area (Å²) in [6.45, 7) is 11.6. The summed E-state index contributed by atoms with van der Waals surface area (Å²) < 4.78 is 42.9. The largest absolute Gasteiger partial charge is 0.481 e. The molecule has 0 aliphatic rings. The van der Waals surface area contributed by atoms with Gasteiger partial charge in [-0.25, -0.2) is 0 Å². The Labute approximate surface area is 216 Å². The van der Waals surface area contributed by atoms with Crippen LogP contribution in [0.15, 0.2) is 0 Å². The zero-order valence-electron chi connectivity index (χ0n) is 22.2. The van der Waals surface area contributed by atoms with E-state index in [4.69, 9.17) is 43.0 Å². The van der Waals surface area contributed by atoms with Crippen LogP contribution >= 0.6 is 0 Å². The number of hydrogen-bond donors (Lipinski definition) is 1. The van der Waals surface area contributed by atoms with E-state index in [1.54, 1.807) is 0 Å². The molecule has 0 amide bonds. The lowest BCUT2D eigenvalue weighted by Crippen LogP contribution is -2.15. The second-order valence-electron chi connectivity index (χ2n) is 8.08. The van der Waals surface area contributed by atoms with Crippen LogP contribution < -0.4 is 0 Å². The minimum atomic E-state index is -0.858. The fourth-order valence-electron chi connectivity index (χ4n) is 2.55. The fourth-order valence-corrected chi connectivity index (χ4v) is 2.55. The average Bonchev–Trinajstić information content (AvgIpc) is 2.86. The zero-order chi connectivity index (χ0) is 26.5. The van der Waals surface area contributed by atoms with Crippen molar-refractivity contribution in [1.29, 1.82) is 0 Å². The Kier molecular flexibility index (Phi) is 27.2. The van der Waals surface area contributed by atoms with Crippen LogP contribution in [0.4, 0.5) is 0 Å². The number of unbranched alkanes of at least 4 members (excludes halogenated alkanes) is 1. The molecule has 36 heavy (non-hydrogen) atoms. The van der Waals surface area contributed by atoms with Gasteiger partial charge in [-0.15, -0.1) is 0 Å². The highest BCUT2D eigenvalue weighted by Crippen LogP contribution is 2.01. The summed E-state index contributed by atoms with van der Waals surface area (Å²) in [6, 6.07) is 0. The second-order valence-corrected chi connectivity index (χ2v) is 8.08. The third kappa shape index (κ3) is 28.9. The highest BCUT2D eigenvalue weighted by molar-refractivity contribution is 5.69. The summed E-state index contributed by atoms with van der Waals surface area (Å²) in [7, 11) is 0. The maximum Gasteiger partial charge on any atom is 0.305 e. The van der Waals surface area contributed by atoms with E-state index in [-0.39, 0.29) is 25.4 Å². The van der Waals surface area contributed by atoms with E-state index in [1.807, 2.05) is 0 Å². The van der Waals surface area contributed by atoms with Crippen molar-refractivity contribution in [2.75, 3.05) is 99.1 Å². The van der Waals surface area contributed by atoms with Gasteiger partial charge in [0.1, 0.15) is 6.61 Å². The molecule has 11 nitrogen and oxygen atoms in total. The lowest BCUT2D eigenvalue weighted by molar-refractivity contribution is -0.146. The van der Waals surface area contributed by atoms with Crippen LogP contribution in [-0.4, -0.2) is 116 Å². The molecule has 0 aliphatic heterocycles. The topological polar surface area (TPSA) is 128 Å². The molecule has 0 bridgehead atoms. The van der Waals surface area contributed by atoms with Crippen molar-refractivity contribution in [2.45, 2.75) is 46.0 Å². The average molecular weight is 525 g/mol. The van der Waals surface area contributed by atoms with E-state index >= 15 is 0 Å². The standard InChI is InChI=1S/C25H48O11/c1-3-23(2)22-35-19-18-33-15-14-31-11-10-29-8-9-30-12-13-32-16-17-34-20-21-36-25(28)7-5-4-6-24(26)27/h23H,3-22H2,1-2H3,(H,26,27). The van der Waals surface area contributed by atoms with E-state index in [1.165, 1.54) is 0 Å². The van der Waals surface area contributed by atoms with Crippen molar-refractivity contribution >= 4 is 11.9 Å². The molecule has 11 heteroatoms. The van der Waals surface area contributed by atoms with Gasteiger partial charge < -0.3 is 43.0 Å². The number of carboxylic acid groups (broad SMARTS) is 1. The Hall–Kier alpha value is -1.34. The number of rotatable bonds is 29. The summed E-state index contributed by atoms with van der Waals surface area (Å²) in [4.78, 5) is 21.8. The highest BCUT2D eigenvalue weighted by atomic mass is 16.6. The third-order valence-corrected chi connectivity index (χ3v) is 4.84. The molecule has 0 saturated carbocycles. The van der Waals surface area contributed by atoms with E-state index in [0.29, 0.717) is 105 Å². The van der Waals surface area contributed by atoms with Crippen molar-refractivity contribution in [1.82, 2.24) is 0 Å². The number of carbonyl (C=O) groups is 2. The second kappa shape index (κ2) is 28.2. The molecule has 1 N–H and O–H groups in total. The van der Waals surface area contributed by atoms with Crippen molar-refractivity contribution in [3.8, 4) is 0 Å². The van der Waals surface area contributed by atoms with Crippen LogP contribution in [-0.2, 0) is 47.5 Å². The lowest BCUT2D eigenvalue weighted by atomic mass is 10.1. The minimum Gasteiger partial charge on any atom is -0.481 e. The first-order chi connectivity index (χ1) is 17.6. The van der Waals surface area contributed by atoms with E-state index in [0.717, 1.165) is 13.0 Å². The zero-order valence-corrected chi connectivity index (χ0v) is 22.2. The number of hydrogen-bond acceptors (Lipinski definition) is 10. The van der Waals surface area contributed by atoms with Crippen molar-refractivity contribution in [3.63, 3.8) is 0 Å². The molecule has 0 aromatic carbocycles. The van der Waals surface area contributed by atoms with Gasteiger partial charge in [-0.2, -0.15) is 0 Å². The lowest BCUT2D eigenvalue weighted by Gasteiger charge is -2.10. The van der Waals surface area contributed by atoms with Gasteiger partial charge in [0.2, 0.25) is 0 Å². The van der Waals surface area contributed by atoms with Crippen LogP contribution in [0.5, 0.6) is 0 Å². The van der Waals surface area contributed by atoms with Gasteiger partial charge in [0.25, 0.3) is 0 Å². The molecule has 0 aliphatic carbocycles. The maximum absolute atomic E-state index is 11.4. The Balaban J connectivity index is 3.12. The number of carbonyl (C=O) groups excluding carboxylic acids is 1. The van der Waals surface area contributed by atoms with E-state index < -0.39 is 5.97 Å². The van der Waals surface area contributed by atoms with E-state index in [2.05, 4.69) is 13.8 Å². The Morgan fingerprint density at radius 2 is 0.944 bits per heavy atom. The van der Waals surface area contributed by atoms with Crippen LogP contribution in [0.1, 0.15) is 46.0 Å². The van der Waals surface area contributed by atoms with Crippen molar-refractivity contribution in [2.24, 2.45) is 5.92 Å². The van der Waals surface area contributed by atoms with Gasteiger partial charge in [-0.05, 0) is 18.8 Å². The quantitative estimate of drug-likeness (QED) is 0.114. The van der Waals surface area contributed by atoms with Gasteiger partial charge in [0.05, 0.1) is 85.9 Å². The number of aliphatic carboxylic acids is 1. The normalized spacial score (nSPS) is 12.1. The summed E-state index contributed by atoms with van der Waals surface area (Å²) >= 11 is 0.